The largest absolute Gasteiger partial charge is 0.353 e. The van der Waals surface area contributed by atoms with E-state index in [1.807, 2.05) is 60.4 Å². The number of halogens is 1. The van der Waals surface area contributed by atoms with Gasteiger partial charge in [-0.25, -0.2) is 15.0 Å². The summed E-state index contributed by atoms with van der Waals surface area (Å²) < 4.78 is 0. The van der Waals surface area contributed by atoms with Crippen LogP contribution in [0.25, 0.3) is 0 Å². The lowest BCUT2D eigenvalue weighted by Gasteiger charge is -2.40. The van der Waals surface area contributed by atoms with Crippen LogP contribution in [-0.2, 0) is 10.2 Å². The summed E-state index contributed by atoms with van der Waals surface area (Å²) in [5.41, 5.74) is 0.677. The molecule has 1 aliphatic carbocycles. The molecule has 7 nitrogen and oxygen atoms in total. The second kappa shape index (κ2) is 9.58. The number of benzene rings is 1. The van der Waals surface area contributed by atoms with E-state index in [0.717, 1.165) is 56.0 Å². The standard InChI is InChI=1S/C26H29ClN6O/c1-19-29-23(31-22-6-2-5-13-28-22)18-24(30-19)32-14-16-33(17-15-32)25(34)26(11-3-4-12-26)20-7-9-21(27)10-8-20/h2,5-10,13,18H,3-4,11-12,14-17H2,1H3,(H,28,29,30,31). The van der Waals surface area contributed by atoms with Gasteiger partial charge in [0.05, 0.1) is 5.41 Å². The number of anilines is 3. The van der Waals surface area contributed by atoms with Gasteiger partial charge in [0.25, 0.3) is 0 Å². The Bertz CT molecular complexity index is 1140. The van der Waals surface area contributed by atoms with Crippen molar-refractivity contribution in [2.24, 2.45) is 0 Å². The van der Waals surface area contributed by atoms with E-state index in [9.17, 15) is 4.79 Å². The van der Waals surface area contributed by atoms with Crippen molar-refractivity contribution in [3.63, 3.8) is 0 Å². The molecule has 1 N–H and O–H groups in total. The Hall–Kier alpha value is -3.19. The highest BCUT2D eigenvalue weighted by molar-refractivity contribution is 6.30. The fourth-order valence-electron chi connectivity index (χ4n) is 5.16. The number of hydrogen-bond donors (Lipinski definition) is 1. The number of aromatic nitrogens is 3. The summed E-state index contributed by atoms with van der Waals surface area (Å²) >= 11 is 6.11. The predicted octanol–water partition coefficient (Wildman–Crippen LogP) is 4.74. The van der Waals surface area contributed by atoms with Crippen LogP contribution in [0.2, 0.25) is 5.02 Å². The molecule has 1 aromatic carbocycles. The topological polar surface area (TPSA) is 74.2 Å². The van der Waals surface area contributed by atoms with E-state index < -0.39 is 5.41 Å². The summed E-state index contributed by atoms with van der Waals surface area (Å²) in [4.78, 5) is 31.5. The molecule has 2 fully saturated rings. The predicted molar refractivity (Wildman–Crippen MR) is 135 cm³/mol. The van der Waals surface area contributed by atoms with Gasteiger partial charge in [-0.2, -0.15) is 0 Å². The molecule has 1 saturated heterocycles. The molecular formula is C26H29ClN6O. The zero-order valence-corrected chi connectivity index (χ0v) is 20.1. The molecule has 1 amide bonds. The Labute approximate surface area is 205 Å². The van der Waals surface area contributed by atoms with Crippen LogP contribution in [0.1, 0.15) is 37.1 Å². The maximum atomic E-state index is 13.8. The van der Waals surface area contributed by atoms with Gasteiger partial charge in [0.2, 0.25) is 5.91 Å². The number of pyridine rings is 1. The summed E-state index contributed by atoms with van der Waals surface area (Å²) in [5.74, 6) is 3.27. The van der Waals surface area contributed by atoms with Crippen molar-refractivity contribution in [1.29, 1.82) is 0 Å². The molecule has 1 aliphatic heterocycles. The third kappa shape index (κ3) is 4.57. The van der Waals surface area contributed by atoms with Crippen molar-refractivity contribution < 1.29 is 4.79 Å². The zero-order valence-electron chi connectivity index (χ0n) is 19.4. The molecule has 1 saturated carbocycles. The highest BCUT2D eigenvalue weighted by Crippen LogP contribution is 2.43. The van der Waals surface area contributed by atoms with Gasteiger partial charge >= 0.3 is 0 Å². The molecule has 0 bridgehead atoms. The molecule has 3 heterocycles. The number of rotatable bonds is 5. The third-order valence-electron chi connectivity index (χ3n) is 6.90. The van der Waals surface area contributed by atoms with Crippen molar-refractivity contribution in [3.05, 3.63) is 71.1 Å². The first-order valence-corrected chi connectivity index (χ1v) is 12.3. The molecule has 0 atom stereocenters. The van der Waals surface area contributed by atoms with Crippen LogP contribution in [0.5, 0.6) is 0 Å². The van der Waals surface area contributed by atoms with Crippen LogP contribution in [0, 0.1) is 6.92 Å². The van der Waals surface area contributed by atoms with Crippen molar-refractivity contribution in [3.8, 4) is 0 Å². The summed E-state index contributed by atoms with van der Waals surface area (Å²) in [6, 6.07) is 15.5. The number of hydrogen-bond acceptors (Lipinski definition) is 6. The van der Waals surface area contributed by atoms with Crippen LogP contribution in [0.15, 0.2) is 54.7 Å². The van der Waals surface area contributed by atoms with Gasteiger partial charge in [0, 0.05) is 43.5 Å². The molecule has 176 valence electrons. The average molecular weight is 477 g/mol. The van der Waals surface area contributed by atoms with Crippen LogP contribution < -0.4 is 10.2 Å². The molecule has 34 heavy (non-hydrogen) atoms. The molecule has 0 unspecified atom stereocenters. The van der Waals surface area contributed by atoms with Crippen molar-refractivity contribution in [1.82, 2.24) is 19.9 Å². The second-order valence-corrected chi connectivity index (χ2v) is 9.51. The number of carbonyl (C=O) groups is 1. The Balaban J connectivity index is 1.29. The zero-order chi connectivity index (χ0) is 23.5. The van der Waals surface area contributed by atoms with Crippen LogP contribution in [0.3, 0.4) is 0 Å². The SMILES string of the molecule is Cc1nc(Nc2ccccn2)cc(N2CCN(C(=O)C3(c4ccc(Cl)cc4)CCCC3)CC2)n1. The van der Waals surface area contributed by atoms with Crippen molar-refractivity contribution >= 4 is 35.0 Å². The van der Waals surface area contributed by atoms with Crippen molar-refractivity contribution in [2.75, 3.05) is 36.4 Å². The quantitative estimate of drug-likeness (QED) is 0.573. The van der Waals surface area contributed by atoms with Gasteiger partial charge < -0.3 is 15.1 Å². The van der Waals surface area contributed by atoms with Gasteiger partial charge in [0.15, 0.2) is 0 Å². The van der Waals surface area contributed by atoms with Gasteiger partial charge in [-0.3, -0.25) is 4.79 Å². The van der Waals surface area contributed by atoms with Gasteiger partial charge in [0.1, 0.15) is 23.3 Å². The Kier molecular flexibility index (Phi) is 6.37. The van der Waals surface area contributed by atoms with E-state index in [-0.39, 0.29) is 5.91 Å². The van der Waals surface area contributed by atoms with E-state index >= 15 is 0 Å². The summed E-state index contributed by atoms with van der Waals surface area (Å²) in [6.07, 6.45) is 5.72. The lowest BCUT2D eigenvalue weighted by molar-refractivity contribution is -0.137. The maximum Gasteiger partial charge on any atom is 0.233 e. The minimum absolute atomic E-state index is 0.253. The molecule has 8 heteroatoms. The molecule has 2 aliphatic rings. The smallest absolute Gasteiger partial charge is 0.233 e. The van der Waals surface area contributed by atoms with Crippen LogP contribution >= 0.6 is 11.6 Å². The lowest BCUT2D eigenvalue weighted by atomic mass is 9.77. The number of amides is 1. The Morgan fingerprint density at radius 2 is 1.71 bits per heavy atom. The fraction of sp³-hybridized carbons (Fsp3) is 0.385. The first kappa shape index (κ1) is 22.6. The van der Waals surface area contributed by atoms with E-state index in [0.29, 0.717) is 29.8 Å². The first-order valence-electron chi connectivity index (χ1n) is 11.9. The van der Waals surface area contributed by atoms with Gasteiger partial charge in [-0.1, -0.05) is 42.6 Å². The summed E-state index contributed by atoms with van der Waals surface area (Å²) in [6.45, 7) is 4.73. The normalized spacial score (nSPS) is 17.6. The van der Waals surface area contributed by atoms with E-state index in [1.165, 1.54) is 0 Å². The van der Waals surface area contributed by atoms with Gasteiger partial charge in [-0.15, -0.1) is 0 Å². The molecular weight excluding hydrogens is 448 g/mol. The summed E-state index contributed by atoms with van der Waals surface area (Å²) in [5, 5.41) is 3.96. The van der Waals surface area contributed by atoms with Crippen LogP contribution in [-0.4, -0.2) is 51.9 Å². The molecule has 0 spiro atoms. The maximum absolute atomic E-state index is 13.8. The molecule has 3 aromatic rings. The Morgan fingerprint density at radius 3 is 2.38 bits per heavy atom. The monoisotopic (exact) mass is 476 g/mol. The minimum atomic E-state index is -0.419. The van der Waals surface area contributed by atoms with Crippen molar-refractivity contribution in [2.45, 2.75) is 38.0 Å². The molecule has 2 aromatic heterocycles. The number of nitrogens with zero attached hydrogens (tertiary/aromatic N) is 5. The average Bonchev–Trinajstić information content (AvgIpc) is 3.36. The van der Waals surface area contributed by atoms with E-state index in [4.69, 9.17) is 11.6 Å². The Morgan fingerprint density at radius 1 is 0.971 bits per heavy atom. The van der Waals surface area contributed by atoms with E-state index in [2.05, 4.69) is 25.2 Å². The van der Waals surface area contributed by atoms with Gasteiger partial charge in [-0.05, 0) is 49.6 Å². The molecule has 5 rings (SSSR count). The summed E-state index contributed by atoms with van der Waals surface area (Å²) in [7, 11) is 0. The highest BCUT2D eigenvalue weighted by Gasteiger charge is 2.45. The van der Waals surface area contributed by atoms with Crippen LogP contribution in [0.4, 0.5) is 17.5 Å². The molecule has 0 radical (unpaired) electrons. The minimum Gasteiger partial charge on any atom is -0.353 e. The lowest BCUT2D eigenvalue weighted by Crippen LogP contribution is -2.54. The second-order valence-electron chi connectivity index (χ2n) is 9.07. The third-order valence-corrected chi connectivity index (χ3v) is 7.15. The number of aryl methyl sites for hydroxylation is 1. The number of nitrogens with one attached hydrogen (secondary N) is 1. The number of carbonyl (C=O) groups excluding carboxylic acids is 1. The van der Waals surface area contributed by atoms with E-state index in [1.54, 1.807) is 6.20 Å². The number of piperazine rings is 1. The first-order chi connectivity index (χ1) is 16.5. The highest BCUT2D eigenvalue weighted by atomic mass is 35.5. The fourth-order valence-corrected chi connectivity index (χ4v) is 5.29.